The second-order valence-electron chi connectivity index (χ2n) is 7.10. The van der Waals surface area contributed by atoms with Gasteiger partial charge in [-0.15, -0.1) is 0 Å². The average Bonchev–Trinajstić information content (AvgIpc) is 3.25. The molecule has 1 aliphatic heterocycles. The van der Waals surface area contributed by atoms with Crippen LogP contribution in [0.5, 0.6) is 0 Å². The molecule has 4 nitrogen and oxygen atoms in total. The third-order valence-corrected chi connectivity index (χ3v) is 6.37. The van der Waals surface area contributed by atoms with Crippen LogP contribution in [0.25, 0.3) is 0 Å². The first-order chi connectivity index (χ1) is 12.6. The second-order valence-corrected chi connectivity index (χ2v) is 8.21. The number of piperidine rings is 1. The van der Waals surface area contributed by atoms with Crippen LogP contribution in [0.1, 0.15) is 40.5 Å². The molecule has 1 aliphatic carbocycles. The van der Waals surface area contributed by atoms with Crippen LogP contribution < -0.4 is 10.6 Å². The van der Waals surface area contributed by atoms with E-state index in [1.165, 1.54) is 6.42 Å². The van der Waals surface area contributed by atoms with E-state index in [1.807, 2.05) is 48.5 Å². The molecule has 2 fully saturated rings. The number of carbonyl (C=O) groups excluding carboxylic acids is 2. The quantitative estimate of drug-likeness (QED) is 0.795. The van der Waals surface area contributed by atoms with Crippen LogP contribution in [-0.2, 0) is 0 Å². The van der Waals surface area contributed by atoms with Crippen LogP contribution in [0, 0.1) is 5.92 Å². The van der Waals surface area contributed by atoms with Crippen LogP contribution in [0.15, 0.2) is 58.3 Å². The molecule has 0 aromatic heterocycles. The number of fused-ring (bicyclic) bond motifs is 2. The number of rotatable bonds is 5. The second kappa shape index (κ2) is 7.25. The Morgan fingerprint density at radius 1 is 1.08 bits per heavy atom. The van der Waals surface area contributed by atoms with E-state index >= 15 is 0 Å². The number of carbonyl (C=O) groups is 2. The summed E-state index contributed by atoms with van der Waals surface area (Å²) in [5, 5.41) is 6.65. The Hall–Kier alpha value is -2.11. The summed E-state index contributed by atoms with van der Waals surface area (Å²) in [7, 11) is 0. The molecule has 2 N–H and O–H groups in total. The standard InChI is InChI=1S/C21H22N2O2S/c1-13(24)18-4-2-3-5-20(18)26-17-8-6-14(7-9-17)21(25)23-19-11-16-10-15(19)12-22-16/h2-9,15-16,19,22H,10-12H2,1H3,(H,23,25). The van der Waals surface area contributed by atoms with Crippen LogP contribution >= 0.6 is 11.8 Å². The molecule has 3 atom stereocenters. The van der Waals surface area contributed by atoms with Crippen molar-refractivity contribution in [3.63, 3.8) is 0 Å². The Morgan fingerprint density at radius 2 is 1.85 bits per heavy atom. The summed E-state index contributed by atoms with van der Waals surface area (Å²) in [6, 6.07) is 16.1. The summed E-state index contributed by atoms with van der Waals surface area (Å²) in [5.74, 6) is 0.634. The zero-order valence-electron chi connectivity index (χ0n) is 14.7. The zero-order valence-corrected chi connectivity index (χ0v) is 15.5. The SMILES string of the molecule is CC(=O)c1ccccc1Sc1ccc(C(=O)NC2CC3CC2CN3)cc1. The van der Waals surface area contributed by atoms with E-state index in [0.29, 0.717) is 23.6 Å². The maximum Gasteiger partial charge on any atom is 0.251 e. The lowest BCUT2D eigenvalue weighted by atomic mass is 10.0. The summed E-state index contributed by atoms with van der Waals surface area (Å²) in [5.41, 5.74) is 1.41. The number of hydrogen-bond acceptors (Lipinski definition) is 4. The van der Waals surface area contributed by atoms with E-state index < -0.39 is 0 Å². The van der Waals surface area contributed by atoms with E-state index in [9.17, 15) is 9.59 Å². The first-order valence-electron chi connectivity index (χ1n) is 9.02. The lowest BCUT2D eigenvalue weighted by Crippen LogP contribution is -2.44. The summed E-state index contributed by atoms with van der Waals surface area (Å²) < 4.78 is 0. The molecule has 1 saturated carbocycles. The van der Waals surface area contributed by atoms with E-state index in [2.05, 4.69) is 10.6 Å². The van der Waals surface area contributed by atoms with Gasteiger partial charge < -0.3 is 10.6 Å². The lowest BCUT2D eigenvalue weighted by molar-refractivity contribution is 0.0924. The predicted molar refractivity (Wildman–Crippen MR) is 103 cm³/mol. The van der Waals surface area contributed by atoms with E-state index in [1.54, 1.807) is 18.7 Å². The van der Waals surface area contributed by atoms with Gasteiger partial charge in [0.25, 0.3) is 5.91 Å². The van der Waals surface area contributed by atoms with E-state index in [-0.39, 0.29) is 11.7 Å². The normalized spacial score (nSPS) is 23.8. The number of benzene rings is 2. The summed E-state index contributed by atoms with van der Waals surface area (Å²) in [6.45, 7) is 2.60. The van der Waals surface area contributed by atoms with Gasteiger partial charge in [0.15, 0.2) is 5.78 Å². The number of Topliss-reactive ketones (excluding diaryl/α,β-unsaturated/α-hetero) is 1. The van der Waals surface area contributed by atoms with Crippen molar-refractivity contribution >= 4 is 23.5 Å². The fraction of sp³-hybridized carbons (Fsp3) is 0.333. The number of nitrogens with one attached hydrogen (secondary N) is 2. The number of amides is 1. The van der Waals surface area contributed by atoms with E-state index in [4.69, 9.17) is 0 Å². The van der Waals surface area contributed by atoms with Gasteiger partial charge in [0, 0.05) is 39.5 Å². The van der Waals surface area contributed by atoms with Gasteiger partial charge in [0.2, 0.25) is 0 Å². The average molecular weight is 366 g/mol. The molecule has 4 rings (SSSR count). The van der Waals surface area contributed by atoms with Gasteiger partial charge in [-0.25, -0.2) is 0 Å². The molecule has 2 aliphatic rings. The Morgan fingerprint density at radius 3 is 2.50 bits per heavy atom. The summed E-state index contributed by atoms with van der Waals surface area (Å²) >= 11 is 1.54. The number of ketones is 1. The molecule has 1 amide bonds. The Kier molecular flexibility index (Phi) is 4.83. The zero-order chi connectivity index (χ0) is 18.1. The number of hydrogen-bond donors (Lipinski definition) is 2. The molecular formula is C21H22N2O2S. The van der Waals surface area contributed by atoms with Crippen LogP contribution in [0.3, 0.4) is 0 Å². The molecule has 1 heterocycles. The van der Waals surface area contributed by atoms with Gasteiger partial charge >= 0.3 is 0 Å². The third-order valence-electron chi connectivity index (χ3n) is 5.29. The first-order valence-corrected chi connectivity index (χ1v) is 9.84. The van der Waals surface area contributed by atoms with Crippen molar-refractivity contribution < 1.29 is 9.59 Å². The molecule has 0 spiro atoms. The lowest BCUT2D eigenvalue weighted by Gasteiger charge is -2.23. The molecule has 3 unspecified atom stereocenters. The van der Waals surface area contributed by atoms with Crippen LogP contribution in [0.4, 0.5) is 0 Å². The van der Waals surface area contributed by atoms with Gasteiger partial charge in [-0.05, 0) is 56.0 Å². The minimum atomic E-state index is 0.00300. The molecule has 5 heteroatoms. The molecule has 1 saturated heterocycles. The van der Waals surface area contributed by atoms with Gasteiger partial charge in [0.1, 0.15) is 0 Å². The van der Waals surface area contributed by atoms with Crippen LogP contribution in [0.2, 0.25) is 0 Å². The summed E-state index contributed by atoms with van der Waals surface area (Å²) in [6.07, 6.45) is 2.21. The largest absolute Gasteiger partial charge is 0.349 e. The minimum Gasteiger partial charge on any atom is -0.349 e. The van der Waals surface area contributed by atoms with Crippen LogP contribution in [-0.4, -0.2) is 30.3 Å². The first kappa shape index (κ1) is 17.3. The fourth-order valence-corrected chi connectivity index (χ4v) is 4.91. The highest BCUT2D eigenvalue weighted by molar-refractivity contribution is 7.99. The maximum atomic E-state index is 12.5. The third kappa shape index (κ3) is 3.55. The predicted octanol–water partition coefficient (Wildman–Crippen LogP) is 3.52. The van der Waals surface area contributed by atoms with Crippen molar-refractivity contribution in [1.82, 2.24) is 10.6 Å². The molecule has 2 aromatic carbocycles. The Bertz CT molecular complexity index is 834. The van der Waals surface area contributed by atoms with Crippen molar-refractivity contribution in [3.8, 4) is 0 Å². The van der Waals surface area contributed by atoms with Crippen molar-refractivity contribution in [1.29, 1.82) is 0 Å². The highest BCUT2D eigenvalue weighted by Gasteiger charge is 2.40. The van der Waals surface area contributed by atoms with Gasteiger partial charge in [-0.3, -0.25) is 9.59 Å². The van der Waals surface area contributed by atoms with Gasteiger partial charge in [-0.2, -0.15) is 0 Å². The van der Waals surface area contributed by atoms with Crippen molar-refractivity contribution in [2.75, 3.05) is 6.54 Å². The monoisotopic (exact) mass is 366 g/mol. The maximum absolute atomic E-state index is 12.5. The van der Waals surface area contributed by atoms with Crippen molar-refractivity contribution in [3.05, 3.63) is 59.7 Å². The minimum absolute atomic E-state index is 0.00300. The molecule has 26 heavy (non-hydrogen) atoms. The smallest absolute Gasteiger partial charge is 0.251 e. The van der Waals surface area contributed by atoms with Crippen molar-refractivity contribution in [2.24, 2.45) is 5.92 Å². The van der Waals surface area contributed by atoms with Crippen molar-refractivity contribution in [2.45, 2.75) is 41.6 Å². The molecule has 134 valence electrons. The Labute approximate surface area is 157 Å². The van der Waals surface area contributed by atoms with E-state index in [0.717, 1.165) is 28.3 Å². The van der Waals surface area contributed by atoms with Gasteiger partial charge in [0.05, 0.1) is 0 Å². The highest BCUT2D eigenvalue weighted by atomic mass is 32.2. The topological polar surface area (TPSA) is 58.2 Å². The fourth-order valence-electron chi connectivity index (χ4n) is 3.91. The molecule has 2 aromatic rings. The molecule has 2 bridgehead atoms. The van der Waals surface area contributed by atoms with Gasteiger partial charge in [-0.1, -0.05) is 30.0 Å². The summed E-state index contributed by atoms with van der Waals surface area (Å²) in [4.78, 5) is 26.2. The highest BCUT2D eigenvalue weighted by Crippen LogP contribution is 2.32. The molecule has 0 radical (unpaired) electrons. The molecular weight excluding hydrogens is 344 g/mol. The Balaban J connectivity index is 1.42.